The Bertz CT molecular complexity index is 453. The molecular formula is C11H10ClNO2S. The minimum absolute atomic E-state index is 0.193. The van der Waals surface area contributed by atoms with Crippen molar-refractivity contribution in [1.29, 1.82) is 0 Å². The standard InChI is InChI=1S/C11H10ClNO2S/c1-7(2)15-11(14)9-5-8(13-6-16)3-4-10(9)12/h3-5,7H,1-2H3. The van der Waals surface area contributed by atoms with Gasteiger partial charge in [-0.25, -0.2) is 4.79 Å². The Morgan fingerprint density at radius 2 is 2.25 bits per heavy atom. The number of carbonyl (C=O) groups is 1. The van der Waals surface area contributed by atoms with E-state index >= 15 is 0 Å². The highest BCUT2D eigenvalue weighted by Crippen LogP contribution is 2.23. The lowest BCUT2D eigenvalue weighted by Gasteiger charge is -2.09. The monoisotopic (exact) mass is 255 g/mol. The summed E-state index contributed by atoms with van der Waals surface area (Å²) in [6.07, 6.45) is -0.193. The zero-order valence-electron chi connectivity index (χ0n) is 8.86. The Kier molecular flexibility index (Phi) is 4.62. The summed E-state index contributed by atoms with van der Waals surface area (Å²) in [4.78, 5) is 15.4. The van der Waals surface area contributed by atoms with Crippen molar-refractivity contribution in [3.05, 3.63) is 28.8 Å². The highest BCUT2D eigenvalue weighted by molar-refractivity contribution is 7.78. The van der Waals surface area contributed by atoms with Crippen molar-refractivity contribution < 1.29 is 9.53 Å². The van der Waals surface area contributed by atoms with Crippen LogP contribution >= 0.6 is 23.8 Å². The summed E-state index contributed by atoms with van der Waals surface area (Å²) < 4.78 is 5.04. The molecular weight excluding hydrogens is 246 g/mol. The number of thiocarbonyl (C=S) groups is 1. The topological polar surface area (TPSA) is 38.7 Å². The SMILES string of the molecule is CC(C)OC(=O)c1cc(N=C=S)ccc1Cl. The summed E-state index contributed by atoms with van der Waals surface area (Å²) in [7, 11) is 0. The van der Waals surface area contributed by atoms with E-state index in [0.717, 1.165) is 0 Å². The maximum atomic E-state index is 11.6. The van der Waals surface area contributed by atoms with Crippen molar-refractivity contribution in [2.45, 2.75) is 20.0 Å². The Hall–Kier alpha value is -1.22. The third-order valence-electron chi connectivity index (χ3n) is 1.69. The summed E-state index contributed by atoms with van der Waals surface area (Å²) in [5.74, 6) is -0.471. The van der Waals surface area contributed by atoms with E-state index in [9.17, 15) is 4.79 Å². The molecule has 3 nitrogen and oxygen atoms in total. The molecule has 0 aliphatic rings. The second kappa shape index (κ2) is 5.75. The maximum Gasteiger partial charge on any atom is 0.339 e. The van der Waals surface area contributed by atoms with E-state index in [0.29, 0.717) is 10.7 Å². The van der Waals surface area contributed by atoms with Gasteiger partial charge in [0.15, 0.2) is 0 Å². The van der Waals surface area contributed by atoms with E-state index in [2.05, 4.69) is 22.4 Å². The highest BCUT2D eigenvalue weighted by Gasteiger charge is 2.13. The fraction of sp³-hybridized carbons (Fsp3) is 0.273. The molecule has 0 aliphatic carbocycles. The number of benzene rings is 1. The molecule has 0 saturated heterocycles. The molecule has 0 heterocycles. The lowest BCUT2D eigenvalue weighted by Crippen LogP contribution is -2.11. The fourth-order valence-electron chi connectivity index (χ4n) is 1.07. The molecule has 0 unspecified atom stereocenters. The molecule has 0 amide bonds. The number of esters is 1. The molecule has 0 atom stereocenters. The van der Waals surface area contributed by atoms with Crippen molar-refractivity contribution in [2.75, 3.05) is 0 Å². The van der Waals surface area contributed by atoms with Gasteiger partial charge in [-0.15, -0.1) is 0 Å². The van der Waals surface area contributed by atoms with Gasteiger partial charge >= 0.3 is 5.97 Å². The largest absolute Gasteiger partial charge is 0.459 e. The van der Waals surface area contributed by atoms with Crippen LogP contribution in [0.15, 0.2) is 23.2 Å². The minimum atomic E-state index is -0.471. The second-order valence-corrected chi connectivity index (χ2v) is 3.91. The van der Waals surface area contributed by atoms with Crippen LogP contribution < -0.4 is 0 Å². The predicted molar refractivity (Wildman–Crippen MR) is 66.7 cm³/mol. The van der Waals surface area contributed by atoms with Gasteiger partial charge in [0.25, 0.3) is 0 Å². The number of rotatable bonds is 3. The number of ether oxygens (including phenoxy) is 1. The van der Waals surface area contributed by atoms with Gasteiger partial charge in [0.2, 0.25) is 0 Å². The summed E-state index contributed by atoms with van der Waals surface area (Å²) in [6, 6.07) is 4.74. The van der Waals surface area contributed by atoms with Crippen LogP contribution in [-0.4, -0.2) is 17.2 Å². The van der Waals surface area contributed by atoms with Gasteiger partial charge in [0.1, 0.15) is 0 Å². The van der Waals surface area contributed by atoms with Crippen LogP contribution in [0, 0.1) is 0 Å². The van der Waals surface area contributed by atoms with Gasteiger partial charge in [-0.2, -0.15) is 4.99 Å². The lowest BCUT2D eigenvalue weighted by atomic mass is 10.2. The molecule has 0 saturated carbocycles. The molecule has 0 fully saturated rings. The average Bonchev–Trinajstić information content (AvgIpc) is 2.20. The molecule has 1 aromatic carbocycles. The number of isothiocyanates is 1. The normalized spacial score (nSPS) is 9.75. The Morgan fingerprint density at radius 3 is 2.81 bits per heavy atom. The predicted octanol–water partition coefficient (Wildman–Crippen LogP) is 3.64. The van der Waals surface area contributed by atoms with E-state index in [-0.39, 0.29) is 11.7 Å². The number of hydrogen-bond acceptors (Lipinski definition) is 4. The first-order valence-electron chi connectivity index (χ1n) is 4.63. The molecule has 0 aromatic heterocycles. The number of hydrogen-bond donors (Lipinski definition) is 0. The van der Waals surface area contributed by atoms with Gasteiger partial charge < -0.3 is 4.74 Å². The Labute approximate surface area is 104 Å². The van der Waals surface area contributed by atoms with Gasteiger partial charge in [-0.05, 0) is 44.3 Å². The average molecular weight is 256 g/mol. The van der Waals surface area contributed by atoms with E-state index < -0.39 is 5.97 Å². The van der Waals surface area contributed by atoms with E-state index in [1.807, 2.05) is 0 Å². The van der Waals surface area contributed by atoms with Crippen molar-refractivity contribution >= 4 is 40.6 Å². The van der Waals surface area contributed by atoms with Crippen LogP contribution in [0.3, 0.4) is 0 Å². The fourth-order valence-corrected chi connectivity index (χ4v) is 1.37. The summed E-state index contributed by atoms with van der Waals surface area (Å²) in [6.45, 7) is 3.54. The maximum absolute atomic E-state index is 11.6. The molecule has 0 aliphatic heterocycles. The number of halogens is 1. The minimum Gasteiger partial charge on any atom is -0.459 e. The zero-order valence-corrected chi connectivity index (χ0v) is 10.4. The Balaban J connectivity index is 3.06. The van der Waals surface area contributed by atoms with Gasteiger partial charge in [0, 0.05) is 0 Å². The first-order valence-corrected chi connectivity index (χ1v) is 5.41. The van der Waals surface area contributed by atoms with Crippen molar-refractivity contribution in [2.24, 2.45) is 4.99 Å². The van der Waals surface area contributed by atoms with Gasteiger partial charge in [-0.3, -0.25) is 0 Å². The first-order chi connectivity index (χ1) is 7.54. The van der Waals surface area contributed by atoms with E-state index in [1.54, 1.807) is 26.0 Å². The van der Waals surface area contributed by atoms with Crippen LogP contribution in [0.25, 0.3) is 0 Å². The molecule has 84 valence electrons. The summed E-state index contributed by atoms with van der Waals surface area (Å²) in [5, 5.41) is 2.55. The van der Waals surface area contributed by atoms with Crippen molar-refractivity contribution in [3.8, 4) is 0 Å². The van der Waals surface area contributed by atoms with E-state index in [1.165, 1.54) is 6.07 Å². The Morgan fingerprint density at radius 1 is 1.56 bits per heavy atom. The second-order valence-electron chi connectivity index (χ2n) is 3.32. The lowest BCUT2D eigenvalue weighted by molar-refractivity contribution is 0.0378. The smallest absolute Gasteiger partial charge is 0.339 e. The molecule has 1 rings (SSSR count). The van der Waals surface area contributed by atoms with Crippen LogP contribution in [0.1, 0.15) is 24.2 Å². The highest BCUT2D eigenvalue weighted by atomic mass is 35.5. The molecule has 0 radical (unpaired) electrons. The van der Waals surface area contributed by atoms with Crippen LogP contribution in [0.4, 0.5) is 5.69 Å². The third-order valence-corrected chi connectivity index (χ3v) is 2.11. The van der Waals surface area contributed by atoms with Crippen molar-refractivity contribution in [1.82, 2.24) is 0 Å². The van der Waals surface area contributed by atoms with Crippen LogP contribution in [0.5, 0.6) is 0 Å². The molecule has 0 spiro atoms. The number of nitrogens with zero attached hydrogens (tertiary/aromatic N) is 1. The zero-order chi connectivity index (χ0) is 12.1. The molecule has 1 aromatic rings. The van der Waals surface area contributed by atoms with Gasteiger partial charge in [-0.1, -0.05) is 11.6 Å². The first kappa shape index (κ1) is 12.8. The summed E-state index contributed by atoms with van der Waals surface area (Å²) >= 11 is 10.4. The van der Waals surface area contributed by atoms with E-state index in [4.69, 9.17) is 16.3 Å². The molecule has 0 N–H and O–H groups in total. The number of carbonyl (C=O) groups excluding carboxylic acids is 1. The van der Waals surface area contributed by atoms with Crippen LogP contribution in [-0.2, 0) is 4.74 Å². The third kappa shape index (κ3) is 3.42. The quantitative estimate of drug-likeness (QED) is 0.470. The van der Waals surface area contributed by atoms with Crippen LogP contribution in [0.2, 0.25) is 5.02 Å². The van der Waals surface area contributed by atoms with Crippen molar-refractivity contribution in [3.63, 3.8) is 0 Å². The number of aliphatic imine (C=N–C) groups is 1. The molecule has 16 heavy (non-hydrogen) atoms. The molecule has 0 bridgehead atoms. The molecule has 5 heteroatoms. The summed E-state index contributed by atoms with van der Waals surface area (Å²) in [5.41, 5.74) is 0.803. The van der Waals surface area contributed by atoms with Gasteiger partial charge in [0.05, 0.1) is 27.5 Å².